The van der Waals surface area contributed by atoms with E-state index < -0.39 is 0 Å². The van der Waals surface area contributed by atoms with E-state index >= 15 is 0 Å². The Kier molecular flexibility index (Phi) is 3.01. The first kappa shape index (κ1) is 10.6. The molecule has 0 aromatic heterocycles. The fraction of sp³-hybridized carbons (Fsp3) is 0.818. The monoisotopic (exact) mass is 183 g/mol. The van der Waals surface area contributed by atoms with Gasteiger partial charge in [0.15, 0.2) is 6.17 Å². The average molecular weight is 183 g/mol. The standard InChI is InChI=1S/C11H23N2/c1-6-7-8-11-12(3)10(2)9-13(11,4)5/h9,11H,6-8H2,1-5H3/q+1. The highest BCUT2D eigenvalue weighted by Crippen LogP contribution is 2.28. The van der Waals surface area contributed by atoms with E-state index in [9.17, 15) is 0 Å². The number of unbranched alkanes of at least 4 members (excludes halogenated alkanes) is 1. The highest BCUT2D eigenvalue weighted by Gasteiger charge is 2.36. The van der Waals surface area contributed by atoms with Crippen LogP contribution >= 0.6 is 0 Å². The Hall–Kier alpha value is -0.500. The van der Waals surface area contributed by atoms with Gasteiger partial charge in [-0.25, -0.2) is 0 Å². The molecule has 2 heteroatoms. The van der Waals surface area contributed by atoms with E-state index in [-0.39, 0.29) is 0 Å². The second kappa shape index (κ2) is 3.70. The van der Waals surface area contributed by atoms with Gasteiger partial charge in [-0.15, -0.1) is 0 Å². The van der Waals surface area contributed by atoms with Gasteiger partial charge in [0.25, 0.3) is 0 Å². The van der Waals surface area contributed by atoms with Crippen molar-refractivity contribution in [3.05, 3.63) is 11.9 Å². The molecule has 0 bridgehead atoms. The minimum absolute atomic E-state index is 0.653. The Bertz CT molecular complexity index is 206. The van der Waals surface area contributed by atoms with Gasteiger partial charge in [-0.1, -0.05) is 13.3 Å². The Morgan fingerprint density at radius 1 is 1.46 bits per heavy atom. The van der Waals surface area contributed by atoms with Gasteiger partial charge in [0.2, 0.25) is 0 Å². The fourth-order valence-corrected chi connectivity index (χ4v) is 2.25. The predicted molar refractivity (Wildman–Crippen MR) is 56.9 cm³/mol. The summed E-state index contributed by atoms with van der Waals surface area (Å²) in [5.41, 5.74) is 1.41. The van der Waals surface area contributed by atoms with Crippen molar-refractivity contribution in [1.82, 2.24) is 4.90 Å². The van der Waals surface area contributed by atoms with E-state index in [0.717, 1.165) is 4.48 Å². The molecule has 0 aromatic carbocycles. The van der Waals surface area contributed by atoms with Gasteiger partial charge in [0.05, 0.1) is 19.8 Å². The van der Waals surface area contributed by atoms with Crippen molar-refractivity contribution >= 4 is 0 Å². The summed E-state index contributed by atoms with van der Waals surface area (Å²) in [7, 11) is 6.78. The SMILES string of the molecule is CCCCC1N(C)C(C)=C[N+]1(C)C. The van der Waals surface area contributed by atoms with Crippen molar-refractivity contribution in [2.24, 2.45) is 0 Å². The van der Waals surface area contributed by atoms with E-state index in [0.29, 0.717) is 6.17 Å². The number of quaternary nitrogens is 1. The molecule has 13 heavy (non-hydrogen) atoms. The molecular weight excluding hydrogens is 160 g/mol. The second-order valence-corrected chi connectivity index (χ2v) is 4.63. The number of hydrogen-bond acceptors (Lipinski definition) is 1. The molecule has 0 radical (unpaired) electrons. The largest absolute Gasteiger partial charge is 0.324 e. The van der Waals surface area contributed by atoms with Crippen LogP contribution in [0.15, 0.2) is 11.9 Å². The van der Waals surface area contributed by atoms with E-state index in [1.807, 2.05) is 0 Å². The van der Waals surface area contributed by atoms with Gasteiger partial charge in [-0.3, -0.25) is 4.48 Å². The van der Waals surface area contributed by atoms with Crippen LogP contribution in [0.5, 0.6) is 0 Å². The van der Waals surface area contributed by atoms with Crippen LogP contribution in [0, 0.1) is 0 Å². The van der Waals surface area contributed by atoms with Crippen molar-refractivity contribution in [2.75, 3.05) is 21.1 Å². The molecule has 1 unspecified atom stereocenters. The summed E-state index contributed by atoms with van der Waals surface area (Å²) >= 11 is 0. The minimum atomic E-state index is 0.653. The molecule has 0 amide bonds. The molecule has 1 rings (SSSR count). The van der Waals surface area contributed by atoms with Crippen LogP contribution in [0.25, 0.3) is 0 Å². The van der Waals surface area contributed by atoms with Gasteiger partial charge >= 0.3 is 0 Å². The first-order valence-corrected chi connectivity index (χ1v) is 5.24. The molecule has 76 valence electrons. The zero-order valence-corrected chi connectivity index (χ0v) is 9.67. The molecule has 0 aliphatic carbocycles. The fourth-order valence-electron chi connectivity index (χ4n) is 2.25. The third-order valence-electron chi connectivity index (χ3n) is 3.11. The number of nitrogens with zero attached hydrogens (tertiary/aromatic N) is 2. The smallest absolute Gasteiger partial charge is 0.168 e. The lowest BCUT2D eigenvalue weighted by molar-refractivity contribution is -0.869. The van der Waals surface area contributed by atoms with Crippen molar-refractivity contribution in [3.8, 4) is 0 Å². The van der Waals surface area contributed by atoms with Crippen molar-refractivity contribution < 1.29 is 4.48 Å². The third-order valence-corrected chi connectivity index (χ3v) is 3.11. The first-order valence-electron chi connectivity index (χ1n) is 5.24. The molecule has 1 atom stereocenters. The lowest BCUT2D eigenvalue weighted by Crippen LogP contribution is -2.47. The zero-order valence-electron chi connectivity index (χ0n) is 9.67. The van der Waals surface area contributed by atoms with Crippen LogP contribution < -0.4 is 0 Å². The molecule has 0 saturated carbocycles. The highest BCUT2D eigenvalue weighted by molar-refractivity contribution is 4.98. The predicted octanol–water partition coefficient (Wildman–Crippen LogP) is 2.39. The first-order chi connectivity index (χ1) is 5.99. The van der Waals surface area contributed by atoms with Crippen LogP contribution in [0.4, 0.5) is 0 Å². The average Bonchev–Trinajstić information content (AvgIpc) is 2.20. The van der Waals surface area contributed by atoms with Crippen LogP contribution in [0.2, 0.25) is 0 Å². The van der Waals surface area contributed by atoms with Gasteiger partial charge in [-0.05, 0) is 13.3 Å². The maximum absolute atomic E-state index is 2.41. The van der Waals surface area contributed by atoms with E-state index in [1.54, 1.807) is 0 Å². The summed E-state index contributed by atoms with van der Waals surface area (Å²) in [6, 6.07) is 0. The molecule has 0 spiro atoms. The molecule has 1 heterocycles. The Morgan fingerprint density at radius 3 is 2.46 bits per heavy atom. The molecular formula is C11H23N2+. The molecule has 2 nitrogen and oxygen atoms in total. The molecule has 1 aliphatic heterocycles. The Labute approximate surface area is 82.4 Å². The topological polar surface area (TPSA) is 3.24 Å². The van der Waals surface area contributed by atoms with Crippen molar-refractivity contribution in [1.29, 1.82) is 0 Å². The van der Waals surface area contributed by atoms with Gasteiger partial charge in [0.1, 0.15) is 6.20 Å². The summed E-state index contributed by atoms with van der Waals surface area (Å²) in [6.45, 7) is 4.46. The molecule has 0 fully saturated rings. The lowest BCUT2D eigenvalue weighted by atomic mass is 10.2. The van der Waals surface area contributed by atoms with E-state index in [2.05, 4.69) is 46.1 Å². The maximum atomic E-state index is 2.41. The normalized spacial score (nSPS) is 26.4. The summed E-state index contributed by atoms with van der Waals surface area (Å²) in [5, 5.41) is 0. The summed E-state index contributed by atoms with van der Waals surface area (Å²) < 4.78 is 1.02. The molecule has 0 saturated heterocycles. The van der Waals surface area contributed by atoms with Crippen LogP contribution in [0.3, 0.4) is 0 Å². The summed E-state index contributed by atoms with van der Waals surface area (Å²) in [5.74, 6) is 0. The van der Waals surface area contributed by atoms with Crippen molar-refractivity contribution in [2.45, 2.75) is 39.3 Å². The second-order valence-electron chi connectivity index (χ2n) is 4.63. The van der Waals surface area contributed by atoms with E-state index in [1.165, 1.54) is 25.0 Å². The van der Waals surface area contributed by atoms with Crippen molar-refractivity contribution in [3.63, 3.8) is 0 Å². The Balaban J connectivity index is 2.64. The number of allylic oxidation sites excluding steroid dienone is 1. The van der Waals surface area contributed by atoms with Gasteiger partial charge in [-0.2, -0.15) is 0 Å². The zero-order chi connectivity index (χ0) is 10.1. The number of rotatable bonds is 3. The van der Waals surface area contributed by atoms with Gasteiger partial charge < -0.3 is 4.90 Å². The van der Waals surface area contributed by atoms with E-state index in [4.69, 9.17) is 0 Å². The van der Waals surface area contributed by atoms with Crippen LogP contribution in [-0.2, 0) is 0 Å². The third kappa shape index (κ3) is 2.05. The quantitative estimate of drug-likeness (QED) is 0.607. The summed E-state index contributed by atoms with van der Waals surface area (Å²) in [4.78, 5) is 2.41. The minimum Gasteiger partial charge on any atom is -0.324 e. The maximum Gasteiger partial charge on any atom is 0.168 e. The van der Waals surface area contributed by atoms with Crippen LogP contribution in [-0.4, -0.2) is 36.7 Å². The lowest BCUT2D eigenvalue weighted by Gasteiger charge is -2.33. The Morgan fingerprint density at radius 2 is 2.08 bits per heavy atom. The summed E-state index contributed by atoms with van der Waals surface area (Å²) in [6.07, 6.45) is 6.93. The molecule has 0 N–H and O–H groups in total. The number of hydrogen-bond donors (Lipinski definition) is 0. The highest BCUT2D eigenvalue weighted by atomic mass is 15.5. The van der Waals surface area contributed by atoms with Crippen LogP contribution in [0.1, 0.15) is 33.1 Å². The molecule has 0 aromatic rings. The van der Waals surface area contributed by atoms with Gasteiger partial charge in [0, 0.05) is 13.5 Å². The molecule has 1 aliphatic rings.